The standard InChI is InChI=1S/C46H29NS2/c1-2-10-31(11-3-1)36-13-6-8-16-42(36)47(35-24-26-39-38-15-7-9-17-43(38)48-45(39)29-35)34-22-18-30(19-23-34)33-21-27-44-41(28-33)40-25-20-32-12-4-5-14-37(32)46(40)49-44/h1-29H. The predicted octanol–water partition coefficient (Wildman–Crippen LogP) is 14.4. The number of fused-ring (bicyclic) bond motifs is 8. The summed E-state index contributed by atoms with van der Waals surface area (Å²) in [6, 6.07) is 64.4. The number of benzene rings is 8. The number of nitrogens with zero attached hydrogens (tertiary/aromatic N) is 1. The van der Waals surface area contributed by atoms with Gasteiger partial charge in [-0.15, -0.1) is 22.7 Å². The Hall–Kier alpha value is -5.74. The summed E-state index contributed by atoms with van der Waals surface area (Å²) < 4.78 is 5.30. The van der Waals surface area contributed by atoms with Gasteiger partial charge in [-0.3, -0.25) is 0 Å². The zero-order valence-electron chi connectivity index (χ0n) is 26.5. The zero-order valence-corrected chi connectivity index (χ0v) is 28.1. The molecule has 0 atom stereocenters. The molecule has 0 fully saturated rings. The highest BCUT2D eigenvalue weighted by molar-refractivity contribution is 7.26. The summed E-state index contributed by atoms with van der Waals surface area (Å²) in [5.41, 5.74) is 8.27. The molecule has 3 heteroatoms. The maximum absolute atomic E-state index is 2.41. The molecule has 0 saturated heterocycles. The van der Waals surface area contributed by atoms with Gasteiger partial charge in [-0.1, -0.05) is 127 Å². The summed E-state index contributed by atoms with van der Waals surface area (Å²) in [6.45, 7) is 0. The van der Waals surface area contributed by atoms with Crippen molar-refractivity contribution in [3.63, 3.8) is 0 Å². The van der Waals surface area contributed by atoms with Crippen molar-refractivity contribution in [2.75, 3.05) is 4.90 Å². The summed E-state index contributed by atoms with van der Waals surface area (Å²) in [7, 11) is 0. The van der Waals surface area contributed by atoms with Gasteiger partial charge in [0.05, 0.1) is 5.69 Å². The van der Waals surface area contributed by atoms with Crippen LogP contribution in [0.2, 0.25) is 0 Å². The molecule has 0 bridgehead atoms. The van der Waals surface area contributed by atoms with Crippen LogP contribution >= 0.6 is 22.7 Å². The smallest absolute Gasteiger partial charge is 0.0540 e. The minimum Gasteiger partial charge on any atom is -0.310 e. The molecule has 0 aliphatic carbocycles. The fourth-order valence-electron chi connectivity index (χ4n) is 7.30. The maximum Gasteiger partial charge on any atom is 0.0540 e. The molecule has 0 saturated carbocycles. The van der Waals surface area contributed by atoms with Crippen LogP contribution in [0.15, 0.2) is 176 Å². The molecule has 0 amide bonds. The second-order valence-corrected chi connectivity index (χ2v) is 14.7. The van der Waals surface area contributed by atoms with Gasteiger partial charge in [0.15, 0.2) is 0 Å². The monoisotopic (exact) mass is 659 g/mol. The number of rotatable bonds is 5. The highest BCUT2D eigenvalue weighted by Crippen LogP contribution is 2.45. The van der Waals surface area contributed by atoms with Gasteiger partial charge < -0.3 is 4.90 Å². The fraction of sp³-hybridized carbons (Fsp3) is 0. The quantitative estimate of drug-likeness (QED) is 0.178. The van der Waals surface area contributed by atoms with E-state index in [4.69, 9.17) is 0 Å². The Kier molecular flexibility index (Phi) is 6.61. The molecular weight excluding hydrogens is 631 g/mol. The van der Waals surface area contributed by atoms with E-state index >= 15 is 0 Å². The molecule has 230 valence electrons. The highest BCUT2D eigenvalue weighted by atomic mass is 32.1. The molecule has 0 unspecified atom stereocenters. The SMILES string of the molecule is c1ccc(-c2ccccc2N(c2ccc(-c3ccc4sc5c6ccccc6ccc5c4c3)cc2)c2ccc3c(c2)sc2ccccc23)cc1. The number of anilines is 3. The lowest BCUT2D eigenvalue weighted by Crippen LogP contribution is -2.11. The van der Waals surface area contributed by atoms with Gasteiger partial charge in [0.2, 0.25) is 0 Å². The molecule has 1 nitrogen and oxygen atoms in total. The van der Waals surface area contributed by atoms with Crippen LogP contribution in [0.3, 0.4) is 0 Å². The van der Waals surface area contributed by atoms with E-state index in [-0.39, 0.29) is 0 Å². The van der Waals surface area contributed by atoms with Gasteiger partial charge in [0.25, 0.3) is 0 Å². The minimum atomic E-state index is 1.13. The molecular formula is C46H29NS2. The van der Waals surface area contributed by atoms with Crippen LogP contribution in [0.1, 0.15) is 0 Å². The summed E-state index contributed by atoms with van der Waals surface area (Å²) in [5.74, 6) is 0. The van der Waals surface area contributed by atoms with Crippen LogP contribution in [0, 0.1) is 0 Å². The Bertz CT molecular complexity index is 2830. The van der Waals surface area contributed by atoms with Crippen molar-refractivity contribution >= 4 is 90.9 Å². The van der Waals surface area contributed by atoms with Gasteiger partial charge >= 0.3 is 0 Å². The first-order valence-corrected chi connectivity index (χ1v) is 18.2. The average molecular weight is 660 g/mol. The zero-order chi connectivity index (χ0) is 32.3. The minimum absolute atomic E-state index is 1.13. The van der Waals surface area contributed by atoms with Gasteiger partial charge in [-0.2, -0.15) is 0 Å². The molecule has 2 aromatic heterocycles. The second-order valence-electron chi connectivity index (χ2n) is 12.5. The summed E-state index contributed by atoms with van der Waals surface area (Å²) >= 11 is 3.75. The van der Waals surface area contributed by atoms with E-state index < -0.39 is 0 Å². The first kappa shape index (κ1) is 28.3. The molecule has 0 aliphatic rings. The van der Waals surface area contributed by atoms with Crippen LogP contribution in [0.4, 0.5) is 17.1 Å². The summed E-state index contributed by atoms with van der Waals surface area (Å²) in [6.07, 6.45) is 0. The third kappa shape index (κ3) is 4.74. The van der Waals surface area contributed by atoms with Crippen molar-refractivity contribution in [2.24, 2.45) is 0 Å². The van der Waals surface area contributed by atoms with Crippen LogP contribution in [0.25, 0.3) is 73.4 Å². The third-order valence-corrected chi connectivity index (χ3v) is 12.0. The van der Waals surface area contributed by atoms with Crippen LogP contribution < -0.4 is 4.90 Å². The van der Waals surface area contributed by atoms with E-state index in [1.165, 1.54) is 73.4 Å². The number of thiophene rings is 2. The molecule has 0 spiro atoms. The van der Waals surface area contributed by atoms with Crippen molar-refractivity contribution < 1.29 is 0 Å². The average Bonchev–Trinajstić information content (AvgIpc) is 3.74. The summed E-state index contributed by atoms with van der Waals surface area (Å²) in [5, 5.41) is 7.90. The Morgan fingerprint density at radius 2 is 1.02 bits per heavy atom. The van der Waals surface area contributed by atoms with Gasteiger partial charge in [-0.05, 0) is 76.0 Å². The highest BCUT2D eigenvalue weighted by Gasteiger charge is 2.19. The molecule has 0 N–H and O–H groups in total. The van der Waals surface area contributed by atoms with Crippen molar-refractivity contribution in [3.8, 4) is 22.3 Å². The molecule has 0 aliphatic heterocycles. The van der Waals surface area contributed by atoms with Crippen LogP contribution in [-0.4, -0.2) is 0 Å². The van der Waals surface area contributed by atoms with E-state index in [1.54, 1.807) is 0 Å². The molecule has 49 heavy (non-hydrogen) atoms. The topological polar surface area (TPSA) is 3.24 Å². The van der Waals surface area contributed by atoms with Crippen molar-refractivity contribution in [1.29, 1.82) is 0 Å². The van der Waals surface area contributed by atoms with Crippen molar-refractivity contribution in [1.82, 2.24) is 0 Å². The van der Waals surface area contributed by atoms with Gasteiger partial charge in [-0.25, -0.2) is 0 Å². The lowest BCUT2D eigenvalue weighted by atomic mass is 10.00. The Morgan fingerprint density at radius 1 is 0.347 bits per heavy atom. The largest absolute Gasteiger partial charge is 0.310 e. The second kappa shape index (κ2) is 11.5. The molecule has 0 radical (unpaired) electrons. The first-order valence-electron chi connectivity index (χ1n) is 16.6. The first-order chi connectivity index (χ1) is 24.3. The molecule has 10 rings (SSSR count). The fourth-order valence-corrected chi connectivity index (χ4v) is 9.66. The van der Waals surface area contributed by atoms with Crippen molar-refractivity contribution in [3.05, 3.63) is 176 Å². The lowest BCUT2D eigenvalue weighted by molar-refractivity contribution is 1.29. The van der Waals surface area contributed by atoms with Crippen LogP contribution in [-0.2, 0) is 0 Å². The van der Waals surface area contributed by atoms with Gasteiger partial charge in [0.1, 0.15) is 0 Å². The number of hydrogen-bond acceptors (Lipinski definition) is 3. The van der Waals surface area contributed by atoms with E-state index in [2.05, 4.69) is 181 Å². The predicted molar refractivity (Wildman–Crippen MR) is 215 cm³/mol. The van der Waals surface area contributed by atoms with E-state index in [0.29, 0.717) is 0 Å². The maximum atomic E-state index is 2.41. The molecule has 8 aromatic carbocycles. The Balaban J connectivity index is 1.11. The Labute approximate surface area is 292 Å². The Morgan fingerprint density at radius 3 is 1.92 bits per heavy atom. The number of para-hydroxylation sites is 1. The third-order valence-electron chi connectivity index (χ3n) is 9.67. The lowest BCUT2D eigenvalue weighted by Gasteiger charge is -2.28. The normalized spacial score (nSPS) is 11.7. The van der Waals surface area contributed by atoms with Gasteiger partial charge in [0, 0.05) is 57.3 Å². The van der Waals surface area contributed by atoms with Crippen LogP contribution in [0.5, 0.6) is 0 Å². The number of hydrogen-bond donors (Lipinski definition) is 0. The molecule has 10 aromatic rings. The summed E-state index contributed by atoms with van der Waals surface area (Å²) in [4.78, 5) is 2.41. The van der Waals surface area contributed by atoms with E-state index in [0.717, 1.165) is 17.1 Å². The molecule has 2 heterocycles. The van der Waals surface area contributed by atoms with E-state index in [1.807, 2.05) is 22.7 Å². The van der Waals surface area contributed by atoms with Crippen molar-refractivity contribution in [2.45, 2.75) is 0 Å². The van der Waals surface area contributed by atoms with E-state index in [9.17, 15) is 0 Å².